The summed E-state index contributed by atoms with van der Waals surface area (Å²) in [5.41, 5.74) is 1.23. The van der Waals surface area contributed by atoms with Crippen LogP contribution >= 0.6 is 0 Å². The molecular weight excluding hydrogens is 278 g/mol. The fraction of sp³-hybridized carbons (Fsp3) is 0.571. The van der Waals surface area contributed by atoms with Gasteiger partial charge in [-0.15, -0.1) is 0 Å². The van der Waals surface area contributed by atoms with Gasteiger partial charge in [0.2, 0.25) is 0 Å². The van der Waals surface area contributed by atoms with Gasteiger partial charge in [-0.3, -0.25) is 9.78 Å². The zero-order chi connectivity index (χ0) is 14.8. The van der Waals surface area contributed by atoms with E-state index in [1.807, 2.05) is 13.0 Å². The fourth-order valence-electron chi connectivity index (χ4n) is 2.40. The molecular formula is C14H19NO4S. The van der Waals surface area contributed by atoms with Gasteiger partial charge in [0.05, 0.1) is 25.0 Å². The average molecular weight is 297 g/mol. The highest BCUT2D eigenvalue weighted by molar-refractivity contribution is 7.90. The highest BCUT2D eigenvalue weighted by atomic mass is 32.2. The number of nitrogens with zero attached hydrogens (tertiary/aromatic N) is 1. The number of hydrogen-bond acceptors (Lipinski definition) is 5. The zero-order valence-corrected chi connectivity index (χ0v) is 12.6. The van der Waals surface area contributed by atoms with E-state index in [-0.39, 0.29) is 23.9 Å². The minimum atomic E-state index is -3.25. The smallest absolute Gasteiger partial charge is 0.306 e. The number of carbonyl (C=O) groups is 1. The van der Waals surface area contributed by atoms with Crippen molar-refractivity contribution in [1.29, 1.82) is 0 Å². The van der Waals surface area contributed by atoms with Gasteiger partial charge >= 0.3 is 5.97 Å². The van der Waals surface area contributed by atoms with Crippen LogP contribution in [0.1, 0.15) is 30.4 Å². The van der Waals surface area contributed by atoms with Crippen LogP contribution in [0.25, 0.3) is 0 Å². The van der Waals surface area contributed by atoms with Crippen molar-refractivity contribution >= 4 is 15.8 Å². The second-order valence-electron chi connectivity index (χ2n) is 5.66. The molecule has 20 heavy (non-hydrogen) atoms. The van der Waals surface area contributed by atoms with E-state index in [1.165, 1.54) is 7.11 Å². The Morgan fingerprint density at radius 1 is 1.40 bits per heavy atom. The van der Waals surface area contributed by atoms with Crippen molar-refractivity contribution in [2.45, 2.75) is 31.9 Å². The van der Waals surface area contributed by atoms with Gasteiger partial charge in [0, 0.05) is 12.4 Å². The molecule has 110 valence electrons. The lowest BCUT2D eigenvalue weighted by atomic mass is 10.1. The summed E-state index contributed by atoms with van der Waals surface area (Å²) in [6.07, 6.45) is 5.00. The van der Waals surface area contributed by atoms with E-state index in [1.54, 1.807) is 12.4 Å². The highest BCUT2D eigenvalue weighted by Gasteiger charge is 2.47. The van der Waals surface area contributed by atoms with Crippen LogP contribution in [0.3, 0.4) is 0 Å². The van der Waals surface area contributed by atoms with Crippen LogP contribution in [0.2, 0.25) is 0 Å². The number of esters is 1. The number of sulfone groups is 1. The van der Waals surface area contributed by atoms with E-state index in [0.29, 0.717) is 5.56 Å². The first-order chi connectivity index (χ1) is 9.34. The molecule has 1 saturated carbocycles. The van der Waals surface area contributed by atoms with Gasteiger partial charge in [-0.25, -0.2) is 8.42 Å². The average Bonchev–Trinajstić information content (AvgIpc) is 3.06. The largest absolute Gasteiger partial charge is 0.469 e. The Balaban J connectivity index is 2.03. The monoisotopic (exact) mass is 297 g/mol. The molecule has 0 aromatic carbocycles. The van der Waals surface area contributed by atoms with E-state index >= 15 is 0 Å². The summed E-state index contributed by atoms with van der Waals surface area (Å²) in [5.74, 6) is -0.317. The number of methoxy groups -OCH3 is 1. The van der Waals surface area contributed by atoms with Crippen LogP contribution in [0, 0.1) is 12.3 Å². The van der Waals surface area contributed by atoms with Crippen molar-refractivity contribution in [2.75, 3.05) is 12.9 Å². The molecule has 0 unspecified atom stereocenters. The molecule has 1 aliphatic rings. The lowest BCUT2D eigenvalue weighted by Crippen LogP contribution is -2.22. The quantitative estimate of drug-likeness (QED) is 0.746. The summed E-state index contributed by atoms with van der Waals surface area (Å²) in [7, 11) is -1.92. The summed E-state index contributed by atoms with van der Waals surface area (Å²) < 4.78 is 29.1. The third-order valence-electron chi connectivity index (χ3n) is 3.55. The first-order valence-electron chi connectivity index (χ1n) is 6.52. The first-order valence-corrected chi connectivity index (χ1v) is 8.34. The summed E-state index contributed by atoms with van der Waals surface area (Å²) in [6.45, 7) is 1.88. The SMILES string of the molecule is COC(=O)CC1(CS(=O)(=O)Cc2cncc(C)c2)CC1. The van der Waals surface area contributed by atoms with Crippen molar-refractivity contribution < 1.29 is 17.9 Å². The second-order valence-corrected chi connectivity index (χ2v) is 7.72. The van der Waals surface area contributed by atoms with Gasteiger partial charge in [0.15, 0.2) is 9.84 Å². The Labute approximate surface area is 119 Å². The Kier molecular flexibility index (Phi) is 4.13. The Morgan fingerprint density at radius 3 is 2.65 bits per heavy atom. The van der Waals surface area contributed by atoms with Crippen molar-refractivity contribution in [3.8, 4) is 0 Å². The van der Waals surface area contributed by atoms with Crippen LogP contribution in [0.15, 0.2) is 18.5 Å². The van der Waals surface area contributed by atoms with Crippen LogP contribution in [0.5, 0.6) is 0 Å². The topological polar surface area (TPSA) is 73.3 Å². The zero-order valence-electron chi connectivity index (χ0n) is 11.8. The molecule has 5 nitrogen and oxygen atoms in total. The molecule has 0 bridgehead atoms. The molecule has 6 heteroatoms. The van der Waals surface area contributed by atoms with E-state index in [4.69, 9.17) is 0 Å². The molecule has 2 rings (SSSR count). The van der Waals surface area contributed by atoms with Crippen molar-refractivity contribution in [2.24, 2.45) is 5.41 Å². The minimum absolute atomic E-state index is 0.0232. The highest BCUT2D eigenvalue weighted by Crippen LogP contribution is 2.50. The second kappa shape index (κ2) is 5.52. The predicted molar refractivity (Wildman–Crippen MR) is 74.8 cm³/mol. The van der Waals surface area contributed by atoms with Gasteiger partial charge < -0.3 is 4.74 Å². The molecule has 1 aromatic rings. The third-order valence-corrected chi connectivity index (χ3v) is 5.37. The fourth-order valence-corrected chi connectivity index (χ4v) is 4.49. The van der Waals surface area contributed by atoms with Crippen LogP contribution in [0.4, 0.5) is 0 Å². The number of pyridine rings is 1. The molecule has 0 saturated heterocycles. The van der Waals surface area contributed by atoms with E-state index < -0.39 is 15.3 Å². The number of carbonyl (C=O) groups excluding carboxylic acids is 1. The first kappa shape index (κ1) is 15.0. The Morgan fingerprint density at radius 2 is 2.10 bits per heavy atom. The van der Waals surface area contributed by atoms with Gasteiger partial charge in [-0.05, 0) is 36.3 Å². The van der Waals surface area contributed by atoms with Crippen LogP contribution < -0.4 is 0 Å². The molecule has 0 atom stereocenters. The minimum Gasteiger partial charge on any atom is -0.469 e. The van der Waals surface area contributed by atoms with Crippen molar-refractivity contribution in [3.63, 3.8) is 0 Å². The standard InChI is InChI=1S/C14H19NO4S/c1-11-5-12(8-15-7-11)9-20(17,18)10-14(3-4-14)6-13(16)19-2/h5,7-8H,3-4,6,9-10H2,1-2H3. The molecule has 1 heterocycles. The van der Waals surface area contributed by atoms with Gasteiger partial charge in [-0.1, -0.05) is 6.07 Å². The van der Waals surface area contributed by atoms with E-state index in [0.717, 1.165) is 18.4 Å². The van der Waals surface area contributed by atoms with Crippen molar-refractivity contribution in [1.82, 2.24) is 4.98 Å². The van der Waals surface area contributed by atoms with Crippen LogP contribution in [-0.4, -0.2) is 32.2 Å². The molecule has 0 spiro atoms. The van der Waals surface area contributed by atoms with E-state index in [2.05, 4.69) is 9.72 Å². The molecule has 0 radical (unpaired) electrons. The van der Waals surface area contributed by atoms with Crippen molar-refractivity contribution in [3.05, 3.63) is 29.6 Å². The maximum Gasteiger partial charge on any atom is 0.306 e. The molecule has 0 amide bonds. The lowest BCUT2D eigenvalue weighted by Gasteiger charge is -2.14. The number of ether oxygens (including phenoxy) is 1. The number of aryl methyl sites for hydroxylation is 1. The Hall–Kier alpha value is -1.43. The normalized spacial score (nSPS) is 16.7. The summed E-state index contributed by atoms with van der Waals surface area (Å²) in [6, 6.07) is 1.82. The number of aromatic nitrogens is 1. The van der Waals surface area contributed by atoms with Gasteiger partial charge in [-0.2, -0.15) is 0 Å². The maximum absolute atomic E-state index is 12.3. The van der Waals surface area contributed by atoms with Gasteiger partial charge in [0.25, 0.3) is 0 Å². The predicted octanol–water partition coefficient (Wildman–Crippen LogP) is 1.65. The molecule has 0 aliphatic heterocycles. The van der Waals surface area contributed by atoms with Crippen LogP contribution in [-0.2, 0) is 25.1 Å². The summed E-state index contributed by atoms with van der Waals surface area (Å²) in [4.78, 5) is 15.3. The molecule has 0 N–H and O–H groups in total. The lowest BCUT2D eigenvalue weighted by molar-refractivity contribution is -0.141. The third kappa shape index (κ3) is 4.03. The van der Waals surface area contributed by atoms with Gasteiger partial charge in [0.1, 0.15) is 0 Å². The summed E-state index contributed by atoms with van der Waals surface area (Å²) in [5, 5.41) is 0. The number of hydrogen-bond donors (Lipinski definition) is 0. The molecule has 1 aromatic heterocycles. The summed E-state index contributed by atoms with van der Waals surface area (Å²) >= 11 is 0. The van der Waals surface area contributed by atoms with E-state index in [9.17, 15) is 13.2 Å². The maximum atomic E-state index is 12.3. The number of rotatable bonds is 6. The molecule has 1 fully saturated rings. The Bertz CT molecular complexity index is 605. The molecule has 1 aliphatic carbocycles.